The van der Waals surface area contributed by atoms with Gasteiger partial charge in [-0.1, -0.05) is 6.07 Å². The van der Waals surface area contributed by atoms with Crippen LogP contribution in [-0.2, 0) is 9.47 Å². The molecule has 1 rings (SSSR count). The van der Waals surface area contributed by atoms with Gasteiger partial charge in [-0.05, 0) is 24.6 Å². The maximum atomic E-state index is 7.54. The Kier molecular flexibility index (Phi) is 5.61. The lowest BCUT2D eigenvalue weighted by molar-refractivity contribution is 0.0365. The fourth-order valence-electron chi connectivity index (χ4n) is 1.66. The minimum absolute atomic E-state index is 0.0321. The number of ether oxygens (including phenoxy) is 2. The van der Waals surface area contributed by atoms with Gasteiger partial charge >= 0.3 is 0 Å². The van der Waals surface area contributed by atoms with E-state index in [1.165, 1.54) is 0 Å². The Bertz CT molecular complexity index is 407. The maximum Gasteiger partial charge on any atom is 0.124 e. The molecule has 1 atom stereocenters. The van der Waals surface area contributed by atoms with Gasteiger partial charge in [0.2, 0.25) is 0 Å². The van der Waals surface area contributed by atoms with Crippen molar-refractivity contribution in [1.82, 2.24) is 0 Å². The molecule has 1 aromatic carbocycles. The van der Waals surface area contributed by atoms with Crippen LogP contribution in [0.15, 0.2) is 18.2 Å². The molecule has 0 radical (unpaired) electrons. The second-order valence-electron chi connectivity index (χ2n) is 4.16. The van der Waals surface area contributed by atoms with E-state index in [2.05, 4.69) is 5.32 Å². The van der Waals surface area contributed by atoms with Crippen LogP contribution >= 0.6 is 0 Å². The number of nitrogens with two attached hydrogens (primary N) is 1. The molecule has 0 aliphatic heterocycles. The molecule has 4 N–H and O–H groups in total. The Hall–Kier alpha value is -1.59. The van der Waals surface area contributed by atoms with Crippen LogP contribution in [0.4, 0.5) is 5.69 Å². The molecule has 0 amide bonds. The predicted molar refractivity (Wildman–Crippen MR) is 73.4 cm³/mol. The van der Waals surface area contributed by atoms with E-state index in [4.69, 9.17) is 20.6 Å². The van der Waals surface area contributed by atoms with Gasteiger partial charge < -0.3 is 20.5 Å². The van der Waals surface area contributed by atoms with Gasteiger partial charge in [0.15, 0.2) is 0 Å². The topological polar surface area (TPSA) is 80.4 Å². The van der Waals surface area contributed by atoms with Gasteiger partial charge in [0.05, 0.1) is 12.7 Å². The molecule has 0 heterocycles. The van der Waals surface area contributed by atoms with E-state index in [0.29, 0.717) is 18.7 Å². The Balaban J connectivity index is 2.76. The van der Waals surface area contributed by atoms with E-state index in [1.54, 1.807) is 14.2 Å². The van der Waals surface area contributed by atoms with Crippen molar-refractivity contribution in [1.29, 1.82) is 5.41 Å². The summed E-state index contributed by atoms with van der Waals surface area (Å²) in [6, 6.07) is 5.75. The van der Waals surface area contributed by atoms with Crippen LogP contribution in [0.1, 0.15) is 11.1 Å². The molecule has 1 unspecified atom stereocenters. The number of hydrogen-bond donors (Lipinski definition) is 3. The van der Waals surface area contributed by atoms with E-state index < -0.39 is 0 Å². The van der Waals surface area contributed by atoms with E-state index in [0.717, 1.165) is 11.3 Å². The highest BCUT2D eigenvalue weighted by molar-refractivity contribution is 6.00. The number of rotatable bonds is 7. The van der Waals surface area contributed by atoms with Gasteiger partial charge in [-0.3, -0.25) is 5.41 Å². The Morgan fingerprint density at radius 3 is 2.72 bits per heavy atom. The normalized spacial score (nSPS) is 12.2. The van der Waals surface area contributed by atoms with Crippen molar-refractivity contribution in [3.63, 3.8) is 0 Å². The van der Waals surface area contributed by atoms with Crippen LogP contribution in [0.2, 0.25) is 0 Å². The summed E-state index contributed by atoms with van der Waals surface area (Å²) in [5.41, 5.74) is 8.21. The fourth-order valence-corrected chi connectivity index (χ4v) is 1.66. The Morgan fingerprint density at radius 2 is 2.17 bits per heavy atom. The molecule has 100 valence electrons. The van der Waals surface area contributed by atoms with Gasteiger partial charge in [-0.25, -0.2) is 0 Å². The second kappa shape index (κ2) is 6.98. The average Bonchev–Trinajstić information content (AvgIpc) is 2.34. The van der Waals surface area contributed by atoms with E-state index >= 15 is 0 Å². The Morgan fingerprint density at radius 1 is 1.44 bits per heavy atom. The summed E-state index contributed by atoms with van der Waals surface area (Å²) in [4.78, 5) is 0. The zero-order valence-corrected chi connectivity index (χ0v) is 11.1. The molecule has 5 nitrogen and oxygen atoms in total. The van der Waals surface area contributed by atoms with Crippen LogP contribution < -0.4 is 11.1 Å². The molecule has 18 heavy (non-hydrogen) atoms. The third kappa shape index (κ3) is 4.01. The first-order valence-electron chi connectivity index (χ1n) is 5.79. The quantitative estimate of drug-likeness (QED) is 0.505. The first-order valence-corrected chi connectivity index (χ1v) is 5.79. The van der Waals surface area contributed by atoms with Gasteiger partial charge in [0, 0.05) is 32.0 Å². The molecular formula is C13H21N3O2. The minimum atomic E-state index is -0.0321. The molecule has 0 spiro atoms. The standard InChI is InChI=1S/C13H21N3O2/c1-9-4-5-11(13(14)15)12(6-9)16-7-10(18-3)8-17-2/h4-6,10,16H,7-8H2,1-3H3,(H3,14,15). The second-order valence-corrected chi connectivity index (χ2v) is 4.16. The number of hydrogen-bond acceptors (Lipinski definition) is 4. The summed E-state index contributed by atoms with van der Waals surface area (Å²) in [6.07, 6.45) is -0.0321. The SMILES string of the molecule is COCC(CNc1cc(C)ccc1C(=N)N)OC. The van der Waals surface area contributed by atoms with Gasteiger partial charge in [-0.2, -0.15) is 0 Å². The van der Waals surface area contributed by atoms with Crippen LogP contribution in [0.5, 0.6) is 0 Å². The van der Waals surface area contributed by atoms with Gasteiger partial charge in [0.25, 0.3) is 0 Å². The molecule has 0 aromatic heterocycles. The number of aryl methyl sites for hydroxylation is 1. The van der Waals surface area contributed by atoms with E-state index in [-0.39, 0.29) is 11.9 Å². The lowest BCUT2D eigenvalue weighted by Crippen LogP contribution is -2.27. The number of methoxy groups -OCH3 is 2. The summed E-state index contributed by atoms with van der Waals surface area (Å²) in [5, 5.41) is 10.8. The molecule has 0 bridgehead atoms. The number of nitrogen functional groups attached to an aromatic ring is 1. The number of benzene rings is 1. The van der Waals surface area contributed by atoms with Gasteiger partial charge in [0.1, 0.15) is 5.84 Å². The van der Waals surface area contributed by atoms with E-state index in [1.807, 2.05) is 25.1 Å². The largest absolute Gasteiger partial charge is 0.384 e. The average molecular weight is 251 g/mol. The highest BCUT2D eigenvalue weighted by atomic mass is 16.5. The zero-order chi connectivity index (χ0) is 13.5. The fraction of sp³-hybridized carbons (Fsp3) is 0.462. The van der Waals surface area contributed by atoms with Crippen molar-refractivity contribution in [3.8, 4) is 0 Å². The summed E-state index contributed by atoms with van der Waals surface area (Å²) in [5.74, 6) is 0.0539. The number of amidine groups is 1. The van der Waals surface area contributed by atoms with Gasteiger partial charge in [-0.15, -0.1) is 0 Å². The zero-order valence-electron chi connectivity index (χ0n) is 11.1. The smallest absolute Gasteiger partial charge is 0.124 e. The van der Waals surface area contributed by atoms with Crippen molar-refractivity contribution >= 4 is 11.5 Å². The molecule has 0 saturated heterocycles. The van der Waals surface area contributed by atoms with Crippen molar-refractivity contribution < 1.29 is 9.47 Å². The Labute approximate surface area is 108 Å². The van der Waals surface area contributed by atoms with Crippen LogP contribution in [-0.4, -0.2) is 39.3 Å². The molecule has 1 aromatic rings. The lowest BCUT2D eigenvalue weighted by Gasteiger charge is -2.18. The molecule has 0 saturated carbocycles. The molecule has 0 fully saturated rings. The first kappa shape index (κ1) is 14.5. The predicted octanol–water partition coefficient (Wildman–Crippen LogP) is 1.35. The highest BCUT2D eigenvalue weighted by Crippen LogP contribution is 2.17. The number of nitrogens with one attached hydrogen (secondary N) is 2. The highest BCUT2D eigenvalue weighted by Gasteiger charge is 2.09. The summed E-state index contributed by atoms with van der Waals surface area (Å²) < 4.78 is 10.3. The van der Waals surface area contributed by atoms with Crippen molar-refractivity contribution in [2.75, 3.05) is 32.7 Å². The summed E-state index contributed by atoms with van der Waals surface area (Å²) in [7, 11) is 3.28. The van der Waals surface area contributed by atoms with Crippen LogP contribution in [0, 0.1) is 12.3 Å². The summed E-state index contributed by atoms with van der Waals surface area (Å²) >= 11 is 0. The molecular weight excluding hydrogens is 230 g/mol. The minimum Gasteiger partial charge on any atom is -0.384 e. The van der Waals surface area contributed by atoms with Crippen LogP contribution in [0.25, 0.3) is 0 Å². The van der Waals surface area contributed by atoms with Crippen LogP contribution in [0.3, 0.4) is 0 Å². The molecule has 5 heteroatoms. The van der Waals surface area contributed by atoms with Crippen molar-refractivity contribution in [3.05, 3.63) is 29.3 Å². The van der Waals surface area contributed by atoms with E-state index in [9.17, 15) is 0 Å². The number of anilines is 1. The van der Waals surface area contributed by atoms with Crippen molar-refractivity contribution in [2.45, 2.75) is 13.0 Å². The molecule has 0 aliphatic rings. The third-order valence-corrected chi connectivity index (χ3v) is 2.67. The summed E-state index contributed by atoms with van der Waals surface area (Å²) in [6.45, 7) is 3.12. The molecule has 0 aliphatic carbocycles. The van der Waals surface area contributed by atoms with Crippen molar-refractivity contribution in [2.24, 2.45) is 5.73 Å². The maximum absolute atomic E-state index is 7.54. The lowest BCUT2D eigenvalue weighted by atomic mass is 10.1. The third-order valence-electron chi connectivity index (χ3n) is 2.67. The monoisotopic (exact) mass is 251 g/mol. The first-order chi connectivity index (χ1) is 8.58.